The Balaban J connectivity index is 1.64. The van der Waals surface area contributed by atoms with Crippen LogP contribution in [0.25, 0.3) is 0 Å². The monoisotopic (exact) mass is 282 g/mol. The van der Waals surface area contributed by atoms with Gasteiger partial charge in [0.25, 0.3) is 0 Å². The highest BCUT2D eigenvalue weighted by Gasteiger charge is 2.23. The molecule has 2 rings (SSSR count). The zero-order valence-electron chi connectivity index (χ0n) is 12.8. The van der Waals surface area contributed by atoms with Crippen LogP contribution in [0.2, 0.25) is 0 Å². The zero-order chi connectivity index (χ0) is 14.4. The Morgan fingerprint density at radius 3 is 2.75 bits per heavy atom. The van der Waals surface area contributed by atoms with Crippen molar-refractivity contribution in [3.63, 3.8) is 0 Å². The van der Waals surface area contributed by atoms with Crippen molar-refractivity contribution < 1.29 is 9.53 Å². The third-order valence-electron chi connectivity index (χ3n) is 4.96. The molecular formula is C16H30N2O2. The van der Waals surface area contributed by atoms with Gasteiger partial charge in [-0.3, -0.25) is 4.79 Å². The number of amides is 1. The summed E-state index contributed by atoms with van der Waals surface area (Å²) in [6.45, 7) is 3.81. The molecule has 4 heteroatoms. The lowest BCUT2D eigenvalue weighted by Crippen LogP contribution is -2.40. The molecule has 1 saturated carbocycles. The lowest BCUT2D eigenvalue weighted by Gasteiger charge is -2.29. The number of rotatable bonds is 5. The maximum absolute atomic E-state index is 12.0. The zero-order valence-corrected chi connectivity index (χ0v) is 12.8. The van der Waals surface area contributed by atoms with E-state index in [0.29, 0.717) is 24.3 Å². The molecule has 20 heavy (non-hydrogen) atoms. The van der Waals surface area contributed by atoms with Crippen LogP contribution in [0.5, 0.6) is 0 Å². The number of hydrogen-bond donors (Lipinski definition) is 2. The number of nitrogens with two attached hydrogens (primary N) is 1. The van der Waals surface area contributed by atoms with E-state index < -0.39 is 0 Å². The van der Waals surface area contributed by atoms with E-state index in [1.165, 1.54) is 12.8 Å². The Morgan fingerprint density at radius 1 is 1.30 bits per heavy atom. The van der Waals surface area contributed by atoms with E-state index in [0.717, 1.165) is 45.3 Å². The average molecular weight is 282 g/mol. The Labute approximate surface area is 122 Å². The van der Waals surface area contributed by atoms with Crippen molar-refractivity contribution in [2.45, 2.75) is 70.4 Å². The molecule has 2 aliphatic rings. The lowest BCUT2D eigenvalue weighted by molar-refractivity contribution is -0.122. The van der Waals surface area contributed by atoms with Crippen LogP contribution in [0.3, 0.4) is 0 Å². The lowest BCUT2D eigenvalue weighted by atomic mass is 9.83. The summed E-state index contributed by atoms with van der Waals surface area (Å²) in [4.78, 5) is 12.0. The topological polar surface area (TPSA) is 64.4 Å². The second-order valence-corrected chi connectivity index (χ2v) is 6.64. The quantitative estimate of drug-likeness (QED) is 0.812. The van der Waals surface area contributed by atoms with Gasteiger partial charge in [0.05, 0.1) is 0 Å². The molecule has 1 heterocycles. The first-order valence-electron chi connectivity index (χ1n) is 8.28. The maximum atomic E-state index is 12.0. The van der Waals surface area contributed by atoms with Crippen molar-refractivity contribution in [3.05, 3.63) is 0 Å². The van der Waals surface area contributed by atoms with Gasteiger partial charge in [-0.15, -0.1) is 0 Å². The van der Waals surface area contributed by atoms with Gasteiger partial charge in [-0.05, 0) is 50.9 Å². The van der Waals surface area contributed by atoms with Gasteiger partial charge in [0.1, 0.15) is 0 Å². The van der Waals surface area contributed by atoms with Gasteiger partial charge in [0.15, 0.2) is 0 Å². The summed E-state index contributed by atoms with van der Waals surface area (Å²) in [6, 6.07) is 0.637. The van der Waals surface area contributed by atoms with E-state index in [1.54, 1.807) is 0 Å². The van der Waals surface area contributed by atoms with Crippen LogP contribution < -0.4 is 11.1 Å². The molecule has 3 N–H and O–H groups in total. The minimum atomic E-state index is 0.211. The third kappa shape index (κ3) is 5.06. The predicted molar refractivity (Wildman–Crippen MR) is 80.3 cm³/mol. The highest BCUT2D eigenvalue weighted by molar-refractivity contribution is 5.76. The standard InChI is InChI=1S/C16H30N2O2/c1-12(14-7-9-20-10-8-14)18-16(19)6-5-13-3-2-4-15(17)11-13/h12-15H,2-11,17H2,1H3,(H,18,19). The molecule has 4 nitrogen and oxygen atoms in total. The van der Waals surface area contributed by atoms with Gasteiger partial charge in [-0.1, -0.05) is 12.8 Å². The first-order chi connectivity index (χ1) is 9.65. The molecule has 0 aromatic heterocycles. The number of hydrogen-bond acceptors (Lipinski definition) is 3. The summed E-state index contributed by atoms with van der Waals surface area (Å²) >= 11 is 0. The second-order valence-electron chi connectivity index (χ2n) is 6.64. The van der Waals surface area contributed by atoms with E-state index in [2.05, 4.69) is 12.2 Å². The summed E-state index contributed by atoms with van der Waals surface area (Å²) in [5.74, 6) is 1.45. The minimum Gasteiger partial charge on any atom is -0.381 e. The van der Waals surface area contributed by atoms with Crippen LogP contribution in [0, 0.1) is 11.8 Å². The van der Waals surface area contributed by atoms with Crippen molar-refractivity contribution in [2.75, 3.05) is 13.2 Å². The predicted octanol–water partition coefficient (Wildman–Crippen LogP) is 2.22. The maximum Gasteiger partial charge on any atom is 0.220 e. The smallest absolute Gasteiger partial charge is 0.220 e. The molecule has 1 amide bonds. The second kappa shape index (κ2) is 7.99. The van der Waals surface area contributed by atoms with Gasteiger partial charge in [0.2, 0.25) is 5.91 Å². The van der Waals surface area contributed by atoms with Crippen molar-refractivity contribution >= 4 is 5.91 Å². The minimum absolute atomic E-state index is 0.211. The normalized spacial score (nSPS) is 29.9. The highest BCUT2D eigenvalue weighted by Crippen LogP contribution is 2.27. The van der Waals surface area contributed by atoms with Crippen LogP contribution in [0.15, 0.2) is 0 Å². The Hall–Kier alpha value is -0.610. The molecule has 1 aliphatic carbocycles. The Morgan fingerprint density at radius 2 is 2.05 bits per heavy atom. The molecule has 0 radical (unpaired) electrons. The summed E-state index contributed by atoms with van der Waals surface area (Å²) in [5, 5.41) is 3.17. The Kier molecular flexibility index (Phi) is 6.30. The highest BCUT2D eigenvalue weighted by atomic mass is 16.5. The van der Waals surface area contributed by atoms with Crippen molar-refractivity contribution in [1.29, 1.82) is 0 Å². The molecule has 116 valence electrons. The van der Waals surface area contributed by atoms with Crippen LogP contribution in [-0.2, 0) is 9.53 Å². The molecule has 0 bridgehead atoms. The molecule has 1 aliphatic heterocycles. The SMILES string of the molecule is CC(NC(=O)CCC1CCCC(N)C1)C1CCOCC1. The first kappa shape index (κ1) is 15.8. The van der Waals surface area contributed by atoms with E-state index >= 15 is 0 Å². The Bertz CT molecular complexity index is 303. The van der Waals surface area contributed by atoms with Gasteiger partial charge in [-0.25, -0.2) is 0 Å². The van der Waals surface area contributed by atoms with E-state index in [4.69, 9.17) is 10.5 Å². The molecule has 1 saturated heterocycles. The van der Waals surface area contributed by atoms with Gasteiger partial charge in [0, 0.05) is 31.7 Å². The summed E-state index contributed by atoms with van der Waals surface area (Å²) in [6.07, 6.45) is 8.53. The van der Waals surface area contributed by atoms with Crippen LogP contribution in [-0.4, -0.2) is 31.2 Å². The average Bonchev–Trinajstić information content (AvgIpc) is 2.46. The molecule has 2 fully saturated rings. The number of carbonyl (C=O) groups excluding carboxylic acids is 1. The van der Waals surface area contributed by atoms with E-state index in [9.17, 15) is 4.79 Å². The number of ether oxygens (including phenoxy) is 1. The molecule has 0 aromatic rings. The molecule has 3 atom stereocenters. The van der Waals surface area contributed by atoms with Crippen molar-refractivity contribution in [2.24, 2.45) is 17.6 Å². The fourth-order valence-corrected chi connectivity index (χ4v) is 3.59. The van der Waals surface area contributed by atoms with Crippen LogP contribution >= 0.6 is 0 Å². The van der Waals surface area contributed by atoms with Crippen molar-refractivity contribution in [3.8, 4) is 0 Å². The third-order valence-corrected chi connectivity index (χ3v) is 4.96. The van der Waals surface area contributed by atoms with Crippen LogP contribution in [0.4, 0.5) is 0 Å². The fraction of sp³-hybridized carbons (Fsp3) is 0.938. The van der Waals surface area contributed by atoms with Crippen molar-refractivity contribution in [1.82, 2.24) is 5.32 Å². The molecule has 0 aromatic carbocycles. The van der Waals surface area contributed by atoms with E-state index in [1.807, 2.05) is 0 Å². The fourth-order valence-electron chi connectivity index (χ4n) is 3.59. The molecule has 0 spiro atoms. The largest absolute Gasteiger partial charge is 0.381 e. The van der Waals surface area contributed by atoms with E-state index in [-0.39, 0.29) is 11.9 Å². The first-order valence-corrected chi connectivity index (χ1v) is 8.28. The molecule has 3 unspecified atom stereocenters. The van der Waals surface area contributed by atoms with Gasteiger partial charge >= 0.3 is 0 Å². The number of carbonyl (C=O) groups is 1. The summed E-state index contributed by atoms with van der Waals surface area (Å²) in [5.41, 5.74) is 6.00. The summed E-state index contributed by atoms with van der Waals surface area (Å²) in [7, 11) is 0. The van der Waals surface area contributed by atoms with Crippen LogP contribution in [0.1, 0.15) is 58.3 Å². The van der Waals surface area contributed by atoms with Gasteiger partial charge in [-0.2, -0.15) is 0 Å². The van der Waals surface area contributed by atoms with Gasteiger partial charge < -0.3 is 15.8 Å². The summed E-state index contributed by atoms with van der Waals surface area (Å²) < 4.78 is 5.37. The number of nitrogens with one attached hydrogen (secondary N) is 1. The molecular weight excluding hydrogens is 252 g/mol.